The van der Waals surface area contributed by atoms with Crippen LogP contribution < -0.4 is 5.73 Å². The molecular weight excluding hydrogens is 232 g/mol. The van der Waals surface area contributed by atoms with Crippen LogP contribution in [-0.4, -0.2) is 18.0 Å². The van der Waals surface area contributed by atoms with Crippen molar-refractivity contribution in [2.75, 3.05) is 13.1 Å². The van der Waals surface area contributed by atoms with E-state index in [2.05, 4.69) is 36.9 Å². The first-order chi connectivity index (χ1) is 9.22. The van der Waals surface area contributed by atoms with Crippen molar-refractivity contribution in [2.45, 2.75) is 52.6 Å². The number of benzene rings is 1. The zero-order valence-electron chi connectivity index (χ0n) is 12.5. The molecule has 1 saturated heterocycles. The van der Waals surface area contributed by atoms with Crippen LogP contribution in [0.1, 0.15) is 49.3 Å². The van der Waals surface area contributed by atoms with Crippen molar-refractivity contribution in [3.05, 3.63) is 34.9 Å². The summed E-state index contributed by atoms with van der Waals surface area (Å²) < 4.78 is 0. The second-order valence-electron chi connectivity index (χ2n) is 5.97. The molecule has 0 saturated carbocycles. The van der Waals surface area contributed by atoms with Crippen LogP contribution in [0.25, 0.3) is 0 Å². The standard InChI is InChI=1S/C17H28N2/c1-3-4-15-7-9-19(10-8-15)13-17-6-5-16(12-18)11-14(17)2/h5-6,11,15H,3-4,7-10,12-13,18H2,1-2H3. The minimum atomic E-state index is 0.642. The number of likely N-dealkylation sites (tertiary alicyclic amines) is 1. The predicted molar refractivity (Wildman–Crippen MR) is 82.0 cm³/mol. The molecule has 0 atom stereocenters. The molecule has 0 amide bonds. The highest BCUT2D eigenvalue weighted by Crippen LogP contribution is 2.23. The highest BCUT2D eigenvalue weighted by Gasteiger charge is 2.18. The minimum Gasteiger partial charge on any atom is -0.326 e. The molecule has 1 aromatic rings. The summed E-state index contributed by atoms with van der Waals surface area (Å²) in [6.07, 6.45) is 5.52. The lowest BCUT2D eigenvalue weighted by Crippen LogP contribution is -2.33. The minimum absolute atomic E-state index is 0.642. The van der Waals surface area contributed by atoms with E-state index < -0.39 is 0 Å². The molecule has 0 aromatic heterocycles. The van der Waals surface area contributed by atoms with Crippen LogP contribution in [0.5, 0.6) is 0 Å². The fourth-order valence-electron chi connectivity index (χ4n) is 3.14. The maximum atomic E-state index is 5.69. The molecule has 0 bridgehead atoms. The van der Waals surface area contributed by atoms with Gasteiger partial charge in [0.2, 0.25) is 0 Å². The van der Waals surface area contributed by atoms with E-state index in [1.54, 1.807) is 0 Å². The van der Waals surface area contributed by atoms with Gasteiger partial charge in [0.25, 0.3) is 0 Å². The molecule has 1 fully saturated rings. The summed E-state index contributed by atoms with van der Waals surface area (Å²) in [5.74, 6) is 0.974. The van der Waals surface area contributed by atoms with E-state index in [0.29, 0.717) is 6.54 Å². The number of nitrogens with zero attached hydrogens (tertiary/aromatic N) is 1. The van der Waals surface area contributed by atoms with E-state index in [1.807, 2.05) is 0 Å². The van der Waals surface area contributed by atoms with E-state index >= 15 is 0 Å². The molecule has 2 heteroatoms. The Bertz CT molecular complexity index is 392. The van der Waals surface area contributed by atoms with Crippen molar-refractivity contribution in [3.63, 3.8) is 0 Å². The van der Waals surface area contributed by atoms with Crippen LogP contribution in [0.3, 0.4) is 0 Å². The molecule has 1 aliphatic heterocycles. The van der Waals surface area contributed by atoms with Gasteiger partial charge in [-0.05, 0) is 55.5 Å². The third kappa shape index (κ3) is 4.05. The van der Waals surface area contributed by atoms with Gasteiger partial charge in [0, 0.05) is 13.1 Å². The van der Waals surface area contributed by atoms with Crippen LogP contribution in [0, 0.1) is 12.8 Å². The fourth-order valence-corrected chi connectivity index (χ4v) is 3.14. The van der Waals surface area contributed by atoms with E-state index in [-0.39, 0.29) is 0 Å². The topological polar surface area (TPSA) is 29.3 Å². The van der Waals surface area contributed by atoms with Gasteiger partial charge >= 0.3 is 0 Å². The Morgan fingerprint density at radius 2 is 2.00 bits per heavy atom. The first-order valence-corrected chi connectivity index (χ1v) is 7.73. The van der Waals surface area contributed by atoms with E-state index in [0.717, 1.165) is 12.5 Å². The van der Waals surface area contributed by atoms with Gasteiger partial charge in [-0.15, -0.1) is 0 Å². The average molecular weight is 260 g/mol. The molecule has 19 heavy (non-hydrogen) atoms. The van der Waals surface area contributed by atoms with Crippen molar-refractivity contribution in [1.82, 2.24) is 4.90 Å². The molecule has 2 N–H and O–H groups in total. The number of nitrogens with two attached hydrogens (primary N) is 1. The lowest BCUT2D eigenvalue weighted by molar-refractivity contribution is 0.171. The Labute approximate surface area is 118 Å². The van der Waals surface area contributed by atoms with Crippen LogP contribution in [-0.2, 0) is 13.1 Å². The van der Waals surface area contributed by atoms with Crippen LogP contribution in [0.4, 0.5) is 0 Å². The van der Waals surface area contributed by atoms with Crippen LogP contribution >= 0.6 is 0 Å². The molecule has 1 heterocycles. The van der Waals surface area contributed by atoms with Crippen molar-refractivity contribution in [1.29, 1.82) is 0 Å². The fraction of sp³-hybridized carbons (Fsp3) is 0.647. The Hall–Kier alpha value is -0.860. The van der Waals surface area contributed by atoms with Crippen LogP contribution in [0.2, 0.25) is 0 Å². The van der Waals surface area contributed by atoms with Gasteiger partial charge in [-0.3, -0.25) is 4.90 Å². The number of hydrogen-bond acceptors (Lipinski definition) is 2. The molecule has 0 radical (unpaired) electrons. The summed E-state index contributed by atoms with van der Waals surface area (Å²) in [6.45, 7) is 8.79. The largest absolute Gasteiger partial charge is 0.326 e. The Kier molecular flexibility index (Phi) is 5.41. The summed E-state index contributed by atoms with van der Waals surface area (Å²) in [5, 5.41) is 0. The third-order valence-electron chi connectivity index (χ3n) is 4.44. The molecule has 2 nitrogen and oxygen atoms in total. The van der Waals surface area contributed by atoms with Crippen molar-refractivity contribution >= 4 is 0 Å². The van der Waals surface area contributed by atoms with E-state index in [4.69, 9.17) is 5.73 Å². The zero-order chi connectivity index (χ0) is 13.7. The first-order valence-electron chi connectivity index (χ1n) is 7.73. The molecule has 0 spiro atoms. The second kappa shape index (κ2) is 7.06. The van der Waals surface area contributed by atoms with Crippen molar-refractivity contribution in [2.24, 2.45) is 11.7 Å². The quantitative estimate of drug-likeness (QED) is 0.878. The first kappa shape index (κ1) is 14.5. The van der Waals surface area contributed by atoms with E-state index in [9.17, 15) is 0 Å². The SMILES string of the molecule is CCCC1CCN(Cc2ccc(CN)cc2C)CC1. The zero-order valence-corrected chi connectivity index (χ0v) is 12.5. The predicted octanol–water partition coefficient (Wildman–Crippen LogP) is 3.47. The van der Waals surface area contributed by atoms with Gasteiger partial charge in [-0.25, -0.2) is 0 Å². The molecule has 1 aromatic carbocycles. The molecule has 0 aliphatic carbocycles. The maximum absolute atomic E-state index is 5.69. The van der Waals surface area contributed by atoms with Gasteiger partial charge in [0.05, 0.1) is 0 Å². The molecular formula is C17H28N2. The van der Waals surface area contributed by atoms with Crippen molar-refractivity contribution in [3.8, 4) is 0 Å². The summed E-state index contributed by atoms with van der Waals surface area (Å²) in [4.78, 5) is 2.61. The molecule has 1 aliphatic rings. The Morgan fingerprint density at radius 1 is 1.26 bits per heavy atom. The van der Waals surface area contributed by atoms with Gasteiger partial charge in [-0.1, -0.05) is 38.0 Å². The van der Waals surface area contributed by atoms with Gasteiger partial charge in [0.15, 0.2) is 0 Å². The van der Waals surface area contributed by atoms with Gasteiger partial charge < -0.3 is 5.73 Å². The second-order valence-corrected chi connectivity index (χ2v) is 5.97. The normalized spacial score (nSPS) is 17.8. The maximum Gasteiger partial charge on any atom is 0.0236 e. The molecule has 106 valence electrons. The summed E-state index contributed by atoms with van der Waals surface area (Å²) >= 11 is 0. The number of piperidine rings is 1. The lowest BCUT2D eigenvalue weighted by Gasteiger charge is -2.32. The monoisotopic (exact) mass is 260 g/mol. The highest BCUT2D eigenvalue weighted by atomic mass is 15.1. The Balaban J connectivity index is 1.88. The number of hydrogen-bond donors (Lipinski definition) is 1. The van der Waals surface area contributed by atoms with Crippen molar-refractivity contribution < 1.29 is 0 Å². The smallest absolute Gasteiger partial charge is 0.0236 e. The third-order valence-corrected chi connectivity index (χ3v) is 4.44. The summed E-state index contributed by atoms with van der Waals surface area (Å²) in [7, 11) is 0. The van der Waals surface area contributed by atoms with E-state index in [1.165, 1.54) is 55.5 Å². The summed E-state index contributed by atoms with van der Waals surface area (Å²) in [5.41, 5.74) is 9.78. The number of aryl methyl sites for hydroxylation is 1. The Morgan fingerprint density at radius 3 is 2.58 bits per heavy atom. The van der Waals surface area contributed by atoms with Gasteiger partial charge in [-0.2, -0.15) is 0 Å². The molecule has 0 unspecified atom stereocenters. The van der Waals surface area contributed by atoms with Crippen LogP contribution in [0.15, 0.2) is 18.2 Å². The highest BCUT2D eigenvalue weighted by molar-refractivity contribution is 5.31. The summed E-state index contributed by atoms with van der Waals surface area (Å²) in [6, 6.07) is 6.67. The lowest BCUT2D eigenvalue weighted by atomic mass is 9.92. The van der Waals surface area contributed by atoms with Gasteiger partial charge in [0.1, 0.15) is 0 Å². The number of rotatable bonds is 5. The molecule has 2 rings (SSSR count). The average Bonchev–Trinajstić information content (AvgIpc) is 2.43.